The van der Waals surface area contributed by atoms with Gasteiger partial charge >= 0.3 is 0 Å². The molecular weight excluding hydrogens is 372 g/mol. The smallest absolute Gasteiger partial charge is 0.243 e. The predicted molar refractivity (Wildman–Crippen MR) is 111 cm³/mol. The Hall–Kier alpha value is -2.18. The van der Waals surface area contributed by atoms with E-state index in [1.807, 2.05) is 26.0 Å². The van der Waals surface area contributed by atoms with Crippen LogP contribution >= 0.6 is 0 Å². The van der Waals surface area contributed by atoms with Crippen LogP contribution in [0.5, 0.6) is 0 Å². The molecule has 1 fully saturated rings. The molecule has 0 N–H and O–H groups in total. The normalized spacial score (nSPS) is 15.6. The van der Waals surface area contributed by atoms with Crippen LogP contribution in [0.2, 0.25) is 0 Å². The standard InChI is InChI=1S/C22H28N2O3S/c1-3-19-8-11-21(12-9-19)28(26,27)24-16-14-23(15-17-24)22(25)13-10-20-6-4-18(2)5-7-20/h4-9,11-12H,3,10,13-17H2,1-2H3. The molecule has 150 valence electrons. The Balaban J connectivity index is 1.54. The van der Waals surface area contributed by atoms with Gasteiger partial charge in [0.1, 0.15) is 0 Å². The van der Waals surface area contributed by atoms with E-state index in [9.17, 15) is 13.2 Å². The molecule has 1 aliphatic heterocycles. The first kappa shape index (κ1) is 20.6. The largest absolute Gasteiger partial charge is 0.340 e. The van der Waals surface area contributed by atoms with Crippen molar-refractivity contribution >= 4 is 15.9 Å². The number of carbonyl (C=O) groups excluding carboxylic acids is 1. The molecule has 1 saturated heterocycles. The van der Waals surface area contributed by atoms with Crippen LogP contribution in [0.1, 0.15) is 30.0 Å². The fraction of sp³-hybridized carbons (Fsp3) is 0.409. The molecule has 1 aliphatic rings. The van der Waals surface area contributed by atoms with Crippen molar-refractivity contribution in [3.05, 3.63) is 65.2 Å². The van der Waals surface area contributed by atoms with Gasteiger partial charge in [-0.15, -0.1) is 0 Å². The van der Waals surface area contributed by atoms with Gasteiger partial charge in [0.15, 0.2) is 0 Å². The Bertz CT molecular complexity index is 898. The highest BCUT2D eigenvalue weighted by molar-refractivity contribution is 7.89. The fourth-order valence-electron chi connectivity index (χ4n) is 3.39. The number of carbonyl (C=O) groups is 1. The quantitative estimate of drug-likeness (QED) is 0.749. The van der Waals surface area contributed by atoms with E-state index in [-0.39, 0.29) is 5.91 Å². The number of rotatable bonds is 6. The maximum Gasteiger partial charge on any atom is 0.243 e. The molecular formula is C22H28N2O3S. The number of hydrogen-bond acceptors (Lipinski definition) is 3. The molecule has 1 heterocycles. The monoisotopic (exact) mass is 400 g/mol. The third kappa shape index (κ3) is 4.80. The van der Waals surface area contributed by atoms with Crippen LogP contribution in [0.15, 0.2) is 53.4 Å². The summed E-state index contributed by atoms with van der Waals surface area (Å²) in [7, 11) is -3.50. The highest BCUT2D eigenvalue weighted by Gasteiger charge is 2.29. The van der Waals surface area contributed by atoms with Gasteiger partial charge in [-0.25, -0.2) is 8.42 Å². The number of benzene rings is 2. The number of hydrogen-bond donors (Lipinski definition) is 0. The number of piperazine rings is 1. The second-order valence-corrected chi connectivity index (χ2v) is 9.21. The highest BCUT2D eigenvalue weighted by atomic mass is 32.2. The molecule has 0 aliphatic carbocycles. The van der Waals surface area contributed by atoms with Crippen molar-refractivity contribution < 1.29 is 13.2 Å². The zero-order chi connectivity index (χ0) is 20.1. The summed E-state index contributed by atoms with van der Waals surface area (Å²) in [4.78, 5) is 14.6. The molecule has 28 heavy (non-hydrogen) atoms. The lowest BCUT2D eigenvalue weighted by Crippen LogP contribution is -2.50. The van der Waals surface area contributed by atoms with Crippen molar-refractivity contribution in [2.24, 2.45) is 0 Å². The zero-order valence-electron chi connectivity index (χ0n) is 16.6. The molecule has 2 aromatic carbocycles. The Labute approximate surface area is 168 Å². The van der Waals surface area contributed by atoms with Crippen molar-refractivity contribution in [3.63, 3.8) is 0 Å². The lowest BCUT2D eigenvalue weighted by Gasteiger charge is -2.34. The molecule has 1 amide bonds. The van der Waals surface area contributed by atoms with Crippen molar-refractivity contribution in [1.82, 2.24) is 9.21 Å². The zero-order valence-corrected chi connectivity index (χ0v) is 17.4. The molecule has 3 rings (SSSR count). The van der Waals surface area contributed by atoms with Crippen LogP contribution in [0.25, 0.3) is 0 Å². The summed E-state index contributed by atoms with van der Waals surface area (Å²) in [5.74, 6) is 0.0879. The molecule has 0 atom stereocenters. The van der Waals surface area contributed by atoms with Crippen molar-refractivity contribution in [2.75, 3.05) is 26.2 Å². The summed E-state index contributed by atoms with van der Waals surface area (Å²) in [5.41, 5.74) is 3.47. The number of amides is 1. The van der Waals surface area contributed by atoms with Gasteiger partial charge < -0.3 is 4.90 Å². The number of nitrogens with zero attached hydrogens (tertiary/aromatic N) is 2. The van der Waals surface area contributed by atoms with Crippen molar-refractivity contribution in [1.29, 1.82) is 0 Å². The maximum absolute atomic E-state index is 12.8. The molecule has 5 nitrogen and oxygen atoms in total. The van der Waals surface area contributed by atoms with E-state index >= 15 is 0 Å². The molecule has 0 spiro atoms. The molecule has 6 heteroatoms. The second kappa shape index (κ2) is 8.88. The van der Waals surface area contributed by atoms with E-state index < -0.39 is 10.0 Å². The third-order valence-electron chi connectivity index (χ3n) is 5.31. The Morgan fingerprint density at radius 1 is 0.893 bits per heavy atom. The van der Waals surface area contributed by atoms with Crippen molar-refractivity contribution in [2.45, 2.75) is 38.0 Å². The van der Waals surface area contributed by atoms with Gasteiger partial charge in [0.25, 0.3) is 0 Å². The lowest BCUT2D eigenvalue weighted by atomic mass is 10.1. The van der Waals surface area contributed by atoms with E-state index in [2.05, 4.69) is 24.3 Å². The minimum absolute atomic E-state index is 0.0879. The van der Waals surface area contributed by atoms with Crippen LogP contribution < -0.4 is 0 Å². The molecule has 0 radical (unpaired) electrons. The summed E-state index contributed by atoms with van der Waals surface area (Å²) >= 11 is 0. The van der Waals surface area contributed by atoms with Gasteiger partial charge in [0, 0.05) is 32.6 Å². The van der Waals surface area contributed by atoms with E-state index in [0.717, 1.165) is 17.5 Å². The predicted octanol–water partition coefficient (Wildman–Crippen LogP) is 3.02. The maximum atomic E-state index is 12.8. The highest BCUT2D eigenvalue weighted by Crippen LogP contribution is 2.19. The van der Waals surface area contributed by atoms with E-state index in [1.54, 1.807) is 17.0 Å². The first-order chi connectivity index (χ1) is 13.4. The minimum Gasteiger partial charge on any atom is -0.340 e. The van der Waals surface area contributed by atoms with E-state index in [4.69, 9.17) is 0 Å². The van der Waals surface area contributed by atoms with Crippen molar-refractivity contribution in [3.8, 4) is 0 Å². The Morgan fingerprint density at radius 2 is 1.46 bits per heavy atom. The summed E-state index contributed by atoms with van der Waals surface area (Å²) in [5, 5.41) is 0. The molecule has 2 aromatic rings. The Morgan fingerprint density at radius 3 is 2.04 bits per heavy atom. The summed E-state index contributed by atoms with van der Waals surface area (Å²) in [6.45, 7) is 5.65. The summed E-state index contributed by atoms with van der Waals surface area (Å²) in [6.07, 6.45) is 2.04. The summed E-state index contributed by atoms with van der Waals surface area (Å²) < 4.78 is 27.1. The van der Waals surface area contributed by atoms with Crippen LogP contribution in [0.4, 0.5) is 0 Å². The van der Waals surface area contributed by atoms with Gasteiger partial charge in [-0.05, 0) is 43.0 Å². The van der Waals surface area contributed by atoms with Crippen LogP contribution in [0, 0.1) is 6.92 Å². The number of aryl methyl sites for hydroxylation is 3. The lowest BCUT2D eigenvalue weighted by molar-refractivity contribution is -0.132. The van der Waals surface area contributed by atoms with Gasteiger partial charge in [0.2, 0.25) is 15.9 Å². The molecule has 0 unspecified atom stereocenters. The molecule has 0 bridgehead atoms. The average Bonchev–Trinajstić information content (AvgIpc) is 2.73. The van der Waals surface area contributed by atoms with Gasteiger partial charge in [-0.2, -0.15) is 4.31 Å². The SMILES string of the molecule is CCc1ccc(S(=O)(=O)N2CCN(C(=O)CCc3ccc(C)cc3)CC2)cc1. The summed E-state index contributed by atoms with van der Waals surface area (Å²) in [6, 6.07) is 15.3. The van der Waals surface area contributed by atoms with E-state index in [0.29, 0.717) is 43.9 Å². The minimum atomic E-state index is -3.50. The first-order valence-electron chi connectivity index (χ1n) is 9.82. The third-order valence-corrected chi connectivity index (χ3v) is 7.22. The van der Waals surface area contributed by atoms with Gasteiger partial charge in [-0.3, -0.25) is 4.79 Å². The van der Waals surface area contributed by atoms with Crippen LogP contribution in [-0.2, 0) is 27.7 Å². The second-order valence-electron chi connectivity index (χ2n) is 7.27. The molecule has 0 saturated carbocycles. The fourth-order valence-corrected chi connectivity index (χ4v) is 4.81. The van der Waals surface area contributed by atoms with Gasteiger partial charge in [0.05, 0.1) is 4.90 Å². The van der Waals surface area contributed by atoms with Crippen LogP contribution in [-0.4, -0.2) is 49.7 Å². The topological polar surface area (TPSA) is 57.7 Å². The van der Waals surface area contributed by atoms with Gasteiger partial charge in [-0.1, -0.05) is 48.9 Å². The molecule has 0 aromatic heterocycles. The van der Waals surface area contributed by atoms with E-state index in [1.165, 1.54) is 9.87 Å². The average molecular weight is 401 g/mol. The first-order valence-corrected chi connectivity index (χ1v) is 11.3. The Kier molecular flexibility index (Phi) is 6.52. The number of sulfonamides is 1. The van der Waals surface area contributed by atoms with Crippen LogP contribution in [0.3, 0.4) is 0 Å².